The molecule has 1 aromatic rings. The average Bonchev–Trinajstić information content (AvgIpc) is 3.01. The molecule has 3 rings (SSSR count). The molecule has 1 aromatic carbocycles. The molecule has 1 saturated heterocycles. The largest absolute Gasteiger partial charge is 0.373 e. The van der Waals surface area contributed by atoms with E-state index in [1.807, 2.05) is 18.2 Å². The summed E-state index contributed by atoms with van der Waals surface area (Å²) in [5.74, 6) is 0.122. The van der Waals surface area contributed by atoms with Gasteiger partial charge in [0, 0.05) is 24.7 Å². The molecule has 0 aliphatic carbocycles. The third-order valence-electron chi connectivity index (χ3n) is 4.27. The average molecular weight is 259 g/mol. The molecule has 2 atom stereocenters. The van der Waals surface area contributed by atoms with Crippen molar-refractivity contribution in [2.75, 3.05) is 25.5 Å². The van der Waals surface area contributed by atoms with Gasteiger partial charge in [-0.2, -0.15) is 0 Å². The Morgan fingerprint density at radius 3 is 3.05 bits per heavy atom. The molecule has 0 saturated carbocycles. The molecule has 2 aliphatic rings. The lowest BCUT2D eigenvalue weighted by Crippen LogP contribution is -2.44. The molecule has 2 heterocycles. The van der Waals surface area contributed by atoms with E-state index in [1.165, 1.54) is 18.4 Å². The standard InChI is InChI=1S/C15H21N3O/c1-18-8-4-6-12(18)10-16-15(19)14-9-11-5-2-3-7-13(11)17-14/h2-3,5,7,12,14,17H,4,6,8-10H2,1H3,(H,16,19)/t12?,14-/m0/s1. The Balaban J connectivity index is 1.52. The Hall–Kier alpha value is -1.55. The molecular weight excluding hydrogens is 238 g/mol. The molecule has 4 nitrogen and oxygen atoms in total. The molecule has 0 spiro atoms. The number of nitrogens with zero attached hydrogens (tertiary/aromatic N) is 1. The fraction of sp³-hybridized carbons (Fsp3) is 0.533. The Kier molecular flexibility index (Phi) is 3.42. The molecule has 1 fully saturated rings. The van der Waals surface area contributed by atoms with Crippen molar-refractivity contribution in [1.29, 1.82) is 0 Å². The second-order valence-electron chi connectivity index (χ2n) is 5.58. The van der Waals surface area contributed by atoms with Crippen molar-refractivity contribution in [2.24, 2.45) is 0 Å². The van der Waals surface area contributed by atoms with E-state index in [0.717, 1.165) is 25.2 Å². The maximum atomic E-state index is 12.2. The van der Waals surface area contributed by atoms with Gasteiger partial charge in [0.15, 0.2) is 0 Å². The number of fused-ring (bicyclic) bond motifs is 1. The van der Waals surface area contributed by atoms with Crippen molar-refractivity contribution in [3.63, 3.8) is 0 Å². The van der Waals surface area contributed by atoms with E-state index >= 15 is 0 Å². The van der Waals surface area contributed by atoms with Crippen LogP contribution in [0.25, 0.3) is 0 Å². The Morgan fingerprint density at radius 2 is 2.32 bits per heavy atom. The zero-order valence-corrected chi connectivity index (χ0v) is 11.4. The van der Waals surface area contributed by atoms with Crippen molar-refractivity contribution in [3.8, 4) is 0 Å². The highest BCUT2D eigenvalue weighted by molar-refractivity contribution is 5.87. The molecule has 4 heteroatoms. The minimum Gasteiger partial charge on any atom is -0.373 e. The highest BCUT2D eigenvalue weighted by atomic mass is 16.2. The lowest BCUT2D eigenvalue weighted by Gasteiger charge is -2.21. The Morgan fingerprint density at radius 1 is 1.47 bits per heavy atom. The van der Waals surface area contributed by atoms with E-state index in [0.29, 0.717) is 6.04 Å². The minimum absolute atomic E-state index is 0.107. The van der Waals surface area contributed by atoms with E-state index in [4.69, 9.17) is 0 Å². The Bertz CT molecular complexity index is 449. The van der Waals surface area contributed by atoms with Crippen LogP contribution in [0.4, 0.5) is 5.69 Å². The third kappa shape index (κ3) is 2.59. The first-order valence-corrected chi connectivity index (χ1v) is 7.06. The van der Waals surface area contributed by atoms with Gasteiger partial charge in [-0.25, -0.2) is 0 Å². The van der Waals surface area contributed by atoms with E-state index in [9.17, 15) is 4.79 Å². The molecule has 2 N–H and O–H groups in total. The van der Waals surface area contributed by atoms with Gasteiger partial charge in [-0.15, -0.1) is 0 Å². The summed E-state index contributed by atoms with van der Waals surface area (Å²) in [4.78, 5) is 14.5. The van der Waals surface area contributed by atoms with Gasteiger partial charge in [-0.1, -0.05) is 18.2 Å². The highest BCUT2D eigenvalue weighted by Gasteiger charge is 2.27. The van der Waals surface area contributed by atoms with Gasteiger partial charge in [-0.3, -0.25) is 4.79 Å². The van der Waals surface area contributed by atoms with Crippen LogP contribution >= 0.6 is 0 Å². The summed E-state index contributed by atoms with van der Waals surface area (Å²) in [5, 5.41) is 6.38. The SMILES string of the molecule is CN1CCCC1CNC(=O)[C@@H]1Cc2ccccc2N1. The number of carbonyl (C=O) groups excluding carboxylic acids is 1. The number of carbonyl (C=O) groups is 1. The van der Waals surface area contributed by atoms with Crippen LogP contribution in [0.2, 0.25) is 0 Å². The van der Waals surface area contributed by atoms with E-state index in [-0.39, 0.29) is 11.9 Å². The Labute approximate surface area is 114 Å². The molecule has 2 aliphatic heterocycles. The smallest absolute Gasteiger partial charge is 0.242 e. The van der Waals surface area contributed by atoms with Crippen molar-refractivity contribution in [1.82, 2.24) is 10.2 Å². The predicted molar refractivity (Wildman–Crippen MR) is 76.2 cm³/mol. The minimum atomic E-state index is -0.107. The number of benzene rings is 1. The van der Waals surface area contributed by atoms with Crippen molar-refractivity contribution >= 4 is 11.6 Å². The first kappa shape index (κ1) is 12.5. The molecule has 102 valence electrons. The molecule has 0 radical (unpaired) electrons. The van der Waals surface area contributed by atoms with Crippen LogP contribution in [0.15, 0.2) is 24.3 Å². The van der Waals surface area contributed by atoms with Crippen LogP contribution < -0.4 is 10.6 Å². The van der Waals surface area contributed by atoms with Crippen molar-refractivity contribution in [3.05, 3.63) is 29.8 Å². The number of hydrogen-bond acceptors (Lipinski definition) is 3. The molecule has 0 aromatic heterocycles. The summed E-state index contributed by atoms with van der Waals surface area (Å²) in [7, 11) is 2.13. The number of rotatable bonds is 3. The van der Waals surface area contributed by atoms with Crippen molar-refractivity contribution in [2.45, 2.75) is 31.3 Å². The highest BCUT2D eigenvalue weighted by Crippen LogP contribution is 2.25. The number of nitrogens with one attached hydrogen (secondary N) is 2. The first-order chi connectivity index (χ1) is 9.24. The topological polar surface area (TPSA) is 44.4 Å². The number of para-hydroxylation sites is 1. The number of amides is 1. The zero-order valence-electron chi connectivity index (χ0n) is 11.4. The van der Waals surface area contributed by atoms with Gasteiger partial charge in [0.2, 0.25) is 5.91 Å². The maximum absolute atomic E-state index is 12.2. The zero-order chi connectivity index (χ0) is 13.2. The molecular formula is C15H21N3O. The second kappa shape index (κ2) is 5.21. The number of likely N-dealkylation sites (tertiary alicyclic amines) is 1. The summed E-state index contributed by atoms with van der Waals surface area (Å²) < 4.78 is 0. The van der Waals surface area contributed by atoms with Gasteiger partial charge in [0.05, 0.1) is 0 Å². The monoisotopic (exact) mass is 259 g/mol. The molecule has 1 amide bonds. The number of hydrogen-bond donors (Lipinski definition) is 2. The molecule has 1 unspecified atom stereocenters. The van der Waals surface area contributed by atoms with Crippen LogP contribution in [0.5, 0.6) is 0 Å². The normalized spacial score (nSPS) is 25.9. The van der Waals surface area contributed by atoms with Crippen molar-refractivity contribution < 1.29 is 4.79 Å². The number of likely N-dealkylation sites (N-methyl/N-ethyl adjacent to an activating group) is 1. The van der Waals surface area contributed by atoms with Gasteiger partial charge in [-0.05, 0) is 38.1 Å². The van der Waals surface area contributed by atoms with E-state index in [1.54, 1.807) is 0 Å². The molecule has 0 bridgehead atoms. The van der Waals surface area contributed by atoms with Gasteiger partial charge < -0.3 is 15.5 Å². The second-order valence-corrected chi connectivity index (χ2v) is 5.58. The van der Waals surface area contributed by atoms with Crippen LogP contribution in [-0.4, -0.2) is 43.0 Å². The van der Waals surface area contributed by atoms with E-state index < -0.39 is 0 Å². The number of anilines is 1. The summed E-state index contributed by atoms with van der Waals surface area (Å²) >= 11 is 0. The van der Waals surface area contributed by atoms with Gasteiger partial charge in [0.25, 0.3) is 0 Å². The van der Waals surface area contributed by atoms with Crippen LogP contribution in [0, 0.1) is 0 Å². The quantitative estimate of drug-likeness (QED) is 0.858. The summed E-state index contributed by atoms with van der Waals surface area (Å²) in [6, 6.07) is 8.54. The molecule has 19 heavy (non-hydrogen) atoms. The summed E-state index contributed by atoms with van der Waals surface area (Å²) in [6.45, 7) is 1.91. The summed E-state index contributed by atoms with van der Waals surface area (Å²) in [6.07, 6.45) is 3.22. The lowest BCUT2D eigenvalue weighted by molar-refractivity contribution is -0.121. The van der Waals surface area contributed by atoms with E-state index in [2.05, 4.69) is 28.6 Å². The van der Waals surface area contributed by atoms with Gasteiger partial charge >= 0.3 is 0 Å². The van der Waals surface area contributed by atoms with Crippen LogP contribution in [-0.2, 0) is 11.2 Å². The van der Waals surface area contributed by atoms with Gasteiger partial charge in [0.1, 0.15) is 6.04 Å². The lowest BCUT2D eigenvalue weighted by atomic mass is 10.1. The summed E-state index contributed by atoms with van der Waals surface area (Å²) in [5.41, 5.74) is 2.33. The predicted octanol–water partition coefficient (Wildman–Crippen LogP) is 1.23. The van der Waals surface area contributed by atoms with Crippen LogP contribution in [0.3, 0.4) is 0 Å². The first-order valence-electron chi connectivity index (χ1n) is 7.06. The van der Waals surface area contributed by atoms with Crippen LogP contribution in [0.1, 0.15) is 18.4 Å². The fourth-order valence-corrected chi connectivity index (χ4v) is 3.03. The maximum Gasteiger partial charge on any atom is 0.242 e. The fourth-order valence-electron chi connectivity index (χ4n) is 3.03. The third-order valence-corrected chi connectivity index (χ3v) is 4.27.